The maximum atomic E-state index is 12.1. The lowest BCUT2D eigenvalue weighted by atomic mass is 10.2. The van der Waals surface area contributed by atoms with E-state index in [1.807, 2.05) is 12.1 Å². The number of ether oxygens (including phenoxy) is 1. The van der Waals surface area contributed by atoms with E-state index < -0.39 is 0 Å². The Morgan fingerprint density at radius 1 is 1.30 bits per heavy atom. The van der Waals surface area contributed by atoms with Crippen LogP contribution in [0.15, 0.2) is 36.7 Å². The summed E-state index contributed by atoms with van der Waals surface area (Å²) in [5.74, 6) is 0.312. The largest absolute Gasteiger partial charge is 0.376 e. The minimum atomic E-state index is -0.234. The molecule has 2 heterocycles. The smallest absolute Gasteiger partial charge is 0.270 e. The van der Waals surface area contributed by atoms with E-state index in [1.165, 1.54) is 6.33 Å². The van der Waals surface area contributed by atoms with E-state index in [1.54, 1.807) is 18.2 Å². The van der Waals surface area contributed by atoms with Gasteiger partial charge in [-0.15, -0.1) is 0 Å². The third kappa shape index (κ3) is 4.40. The average Bonchev–Trinajstić information content (AvgIpc) is 3.08. The van der Waals surface area contributed by atoms with Gasteiger partial charge in [0, 0.05) is 29.9 Å². The summed E-state index contributed by atoms with van der Waals surface area (Å²) in [6, 6.07) is 8.84. The molecule has 1 aromatic heterocycles. The Morgan fingerprint density at radius 3 is 2.87 bits per heavy atom. The van der Waals surface area contributed by atoms with Gasteiger partial charge in [0.25, 0.3) is 5.91 Å². The molecular formula is C16H17ClN4O2. The number of carbonyl (C=O) groups is 1. The van der Waals surface area contributed by atoms with Gasteiger partial charge in [0.05, 0.1) is 6.10 Å². The molecule has 1 aliphatic rings. The highest BCUT2D eigenvalue weighted by Crippen LogP contribution is 2.17. The number of hydrogen-bond donors (Lipinski definition) is 2. The Balaban J connectivity index is 1.61. The number of anilines is 2. The third-order valence-electron chi connectivity index (χ3n) is 3.53. The Hall–Kier alpha value is -2.18. The molecule has 1 aliphatic heterocycles. The predicted octanol–water partition coefficient (Wildman–Crippen LogP) is 2.78. The van der Waals surface area contributed by atoms with Gasteiger partial charge in [-0.3, -0.25) is 4.79 Å². The van der Waals surface area contributed by atoms with Crippen LogP contribution in [-0.2, 0) is 4.74 Å². The summed E-state index contributed by atoms with van der Waals surface area (Å²) >= 11 is 5.85. The van der Waals surface area contributed by atoms with Crippen LogP contribution >= 0.6 is 11.6 Å². The van der Waals surface area contributed by atoms with Gasteiger partial charge in [-0.05, 0) is 37.1 Å². The normalized spacial score (nSPS) is 17.0. The Bertz CT molecular complexity index is 672. The molecule has 23 heavy (non-hydrogen) atoms. The van der Waals surface area contributed by atoms with E-state index >= 15 is 0 Å². The van der Waals surface area contributed by atoms with Gasteiger partial charge in [-0.2, -0.15) is 0 Å². The quantitative estimate of drug-likeness (QED) is 0.880. The molecule has 1 saturated heterocycles. The number of amides is 1. The maximum Gasteiger partial charge on any atom is 0.270 e. The van der Waals surface area contributed by atoms with Crippen molar-refractivity contribution < 1.29 is 9.53 Å². The number of rotatable bonds is 5. The number of aromatic nitrogens is 2. The number of carbonyl (C=O) groups excluding carboxylic acids is 1. The van der Waals surface area contributed by atoms with Crippen molar-refractivity contribution in [2.45, 2.75) is 18.9 Å². The molecule has 2 N–H and O–H groups in total. The number of halogens is 1. The molecule has 6 nitrogen and oxygen atoms in total. The number of nitrogens with zero attached hydrogens (tertiary/aromatic N) is 2. The van der Waals surface area contributed by atoms with Crippen LogP contribution in [0.25, 0.3) is 0 Å². The monoisotopic (exact) mass is 332 g/mol. The topological polar surface area (TPSA) is 76.1 Å². The first kappa shape index (κ1) is 15.7. The van der Waals surface area contributed by atoms with E-state index in [0.29, 0.717) is 23.1 Å². The standard InChI is InChI=1S/C16H17ClN4O2/c17-11-3-5-12(6-4-11)21-15-8-14(19-10-20-15)16(22)18-9-13-2-1-7-23-13/h3-6,8,10,13H,1-2,7,9H2,(H,18,22)(H,19,20,21). The second-order valence-electron chi connectivity index (χ2n) is 5.27. The van der Waals surface area contributed by atoms with Crippen molar-refractivity contribution in [2.24, 2.45) is 0 Å². The van der Waals surface area contributed by atoms with Crippen LogP contribution in [0.3, 0.4) is 0 Å². The minimum absolute atomic E-state index is 0.104. The van der Waals surface area contributed by atoms with Gasteiger partial charge in [-0.25, -0.2) is 9.97 Å². The van der Waals surface area contributed by atoms with Crippen LogP contribution in [-0.4, -0.2) is 35.1 Å². The maximum absolute atomic E-state index is 12.1. The number of nitrogens with one attached hydrogen (secondary N) is 2. The number of hydrogen-bond acceptors (Lipinski definition) is 5. The fourth-order valence-corrected chi connectivity index (χ4v) is 2.46. The summed E-state index contributed by atoms with van der Waals surface area (Å²) in [7, 11) is 0. The molecule has 0 saturated carbocycles. The summed E-state index contributed by atoms with van der Waals surface area (Å²) in [6.07, 6.45) is 3.49. The molecule has 3 rings (SSSR count). The highest BCUT2D eigenvalue weighted by atomic mass is 35.5. The van der Waals surface area contributed by atoms with Crippen LogP contribution < -0.4 is 10.6 Å². The van der Waals surface area contributed by atoms with E-state index in [-0.39, 0.29) is 12.0 Å². The van der Waals surface area contributed by atoms with E-state index in [4.69, 9.17) is 16.3 Å². The predicted molar refractivity (Wildman–Crippen MR) is 88.1 cm³/mol. The van der Waals surface area contributed by atoms with Crippen molar-refractivity contribution in [2.75, 3.05) is 18.5 Å². The molecule has 1 aromatic carbocycles. The molecule has 0 spiro atoms. The van der Waals surface area contributed by atoms with Gasteiger partial charge in [0.2, 0.25) is 0 Å². The highest BCUT2D eigenvalue weighted by molar-refractivity contribution is 6.30. The first-order chi connectivity index (χ1) is 11.2. The first-order valence-corrected chi connectivity index (χ1v) is 7.83. The number of benzene rings is 1. The summed E-state index contributed by atoms with van der Waals surface area (Å²) in [4.78, 5) is 20.3. The molecule has 0 radical (unpaired) electrons. The average molecular weight is 333 g/mol. The third-order valence-corrected chi connectivity index (χ3v) is 3.78. The zero-order valence-electron chi connectivity index (χ0n) is 12.5. The molecule has 120 valence electrons. The van der Waals surface area contributed by atoms with Gasteiger partial charge >= 0.3 is 0 Å². The fraction of sp³-hybridized carbons (Fsp3) is 0.312. The van der Waals surface area contributed by atoms with Crippen molar-refractivity contribution in [3.63, 3.8) is 0 Å². The SMILES string of the molecule is O=C(NCC1CCCO1)c1cc(Nc2ccc(Cl)cc2)ncn1. The zero-order valence-corrected chi connectivity index (χ0v) is 13.2. The Morgan fingerprint density at radius 2 is 2.13 bits per heavy atom. The second-order valence-corrected chi connectivity index (χ2v) is 5.70. The van der Waals surface area contributed by atoms with Crippen LogP contribution in [0.1, 0.15) is 23.3 Å². The lowest BCUT2D eigenvalue weighted by Crippen LogP contribution is -2.32. The molecule has 1 amide bonds. The second kappa shape index (κ2) is 7.39. The van der Waals surface area contributed by atoms with E-state index in [9.17, 15) is 4.79 Å². The van der Waals surface area contributed by atoms with Crippen LogP contribution in [0.5, 0.6) is 0 Å². The van der Waals surface area contributed by atoms with E-state index in [0.717, 1.165) is 25.1 Å². The minimum Gasteiger partial charge on any atom is -0.376 e. The van der Waals surface area contributed by atoms with Gasteiger partial charge in [0.15, 0.2) is 0 Å². The van der Waals surface area contributed by atoms with Crippen molar-refractivity contribution in [1.82, 2.24) is 15.3 Å². The molecular weight excluding hydrogens is 316 g/mol. The summed E-state index contributed by atoms with van der Waals surface area (Å²) < 4.78 is 5.48. The van der Waals surface area contributed by atoms with Crippen molar-refractivity contribution in [3.8, 4) is 0 Å². The summed E-state index contributed by atoms with van der Waals surface area (Å²) in [5.41, 5.74) is 1.15. The molecule has 1 fully saturated rings. The molecule has 2 aromatic rings. The highest BCUT2D eigenvalue weighted by Gasteiger charge is 2.17. The van der Waals surface area contributed by atoms with E-state index in [2.05, 4.69) is 20.6 Å². The Kier molecular flexibility index (Phi) is 5.05. The van der Waals surface area contributed by atoms with Crippen molar-refractivity contribution >= 4 is 29.0 Å². The summed E-state index contributed by atoms with van der Waals surface area (Å²) in [6.45, 7) is 1.27. The molecule has 0 aliphatic carbocycles. The molecule has 7 heteroatoms. The van der Waals surface area contributed by atoms with Gasteiger partial charge in [0.1, 0.15) is 17.8 Å². The van der Waals surface area contributed by atoms with Crippen LogP contribution in [0.2, 0.25) is 5.02 Å². The molecule has 1 unspecified atom stereocenters. The molecule has 0 bridgehead atoms. The molecule has 1 atom stereocenters. The van der Waals surface area contributed by atoms with Crippen LogP contribution in [0, 0.1) is 0 Å². The van der Waals surface area contributed by atoms with Crippen molar-refractivity contribution in [3.05, 3.63) is 47.4 Å². The van der Waals surface area contributed by atoms with Crippen molar-refractivity contribution in [1.29, 1.82) is 0 Å². The zero-order chi connectivity index (χ0) is 16.1. The first-order valence-electron chi connectivity index (χ1n) is 7.45. The van der Waals surface area contributed by atoms with Gasteiger partial charge in [-0.1, -0.05) is 11.6 Å². The summed E-state index contributed by atoms with van der Waals surface area (Å²) in [5, 5.41) is 6.61. The lowest BCUT2D eigenvalue weighted by Gasteiger charge is -2.11. The van der Waals surface area contributed by atoms with Gasteiger partial charge < -0.3 is 15.4 Å². The van der Waals surface area contributed by atoms with Crippen LogP contribution in [0.4, 0.5) is 11.5 Å². The Labute approximate surface area is 139 Å². The lowest BCUT2D eigenvalue weighted by molar-refractivity contribution is 0.0853. The fourth-order valence-electron chi connectivity index (χ4n) is 2.33.